The second-order valence-corrected chi connectivity index (χ2v) is 11.4. The van der Waals surface area contributed by atoms with Crippen molar-refractivity contribution in [2.24, 2.45) is 17.8 Å². The third kappa shape index (κ3) is 3.92. The molecule has 1 N–H and O–H groups in total. The van der Waals surface area contributed by atoms with Gasteiger partial charge in [0.05, 0.1) is 4.90 Å². The molecule has 164 valence electrons. The molecule has 31 heavy (non-hydrogen) atoms. The minimum Gasteiger partial charge on any atom is -0.349 e. The normalized spacial score (nSPS) is 26.4. The highest BCUT2D eigenvalue weighted by molar-refractivity contribution is 7.89. The fraction of sp³-hybridized carbons (Fsp3) is 0.480. The predicted molar refractivity (Wildman–Crippen MR) is 120 cm³/mol. The monoisotopic (exact) mass is 438 g/mol. The van der Waals surface area contributed by atoms with Crippen molar-refractivity contribution in [3.8, 4) is 0 Å². The van der Waals surface area contributed by atoms with Crippen molar-refractivity contribution in [3.63, 3.8) is 0 Å². The fourth-order valence-corrected chi connectivity index (χ4v) is 7.32. The lowest BCUT2D eigenvalue weighted by molar-refractivity contribution is 0.0915. The molecule has 2 bridgehead atoms. The molecule has 3 aliphatic rings. The van der Waals surface area contributed by atoms with Gasteiger partial charge in [-0.3, -0.25) is 4.79 Å². The molecule has 2 aliphatic carbocycles. The van der Waals surface area contributed by atoms with Crippen molar-refractivity contribution in [1.82, 2.24) is 9.62 Å². The number of nitrogens with one attached hydrogen (secondary N) is 1. The minimum absolute atomic E-state index is 0.119. The third-order valence-electron chi connectivity index (χ3n) is 7.64. The first kappa shape index (κ1) is 20.7. The molecule has 2 saturated carbocycles. The van der Waals surface area contributed by atoms with E-state index in [1.54, 1.807) is 24.3 Å². The quantitative estimate of drug-likeness (QED) is 0.768. The topological polar surface area (TPSA) is 66.5 Å². The number of hydrogen-bond acceptors (Lipinski definition) is 3. The highest BCUT2D eigenvalue weighted by atomic mass is 32.2. The van der Waals surface area contributed by atoms with Crippen molar-refractivity contribution >= 4 is 15.9 Å². The van der Waals surface area contributed by atoms with Crippen LogP contribution in [0.15, 0.2) is 53.4 Å². The molecule has 5 nitrogen and oxygen atoms in total. The summed E-state index contributed by atoms with van der Waals surface area (Å²) < 4.78 is 27.8. The molecule has 4 atom stereocenters. The first-order chi connectivity index (χ1) is 14.9. The molecule has 2 aromatic rings. The van der Waals surface area contributed by atoms with Gasteiger partial charge in [-0.15, -0.1) is 0 Å². The summed E-state index contributed by atoms with van der Waals surface area (Å²) in [7, 11) is -3.59. The van der Waals surface area contributed by atoms with Gasteiger partial charge in [-0.25, -0.2) is 8.42 Å². The van der Waals surface area contributed by atoms with Crippen LogP contribution in [0.25, 0.3) is 0 Å². The summed E-state index contributed by atoms with van der Waals surface area (Å²) in [4.78, 5) is 13.0. The summed E-state index contributed by atoms with van der Waals surface area (Å²) in [5, 5.41) is 3.16. The zero-order valence-corrected chi connectivity index (χ0v) is 18.8. The van der Waals surface area contributed by atoms with Gasteiger partial charge in [0.15, 0.2) is 0 Å². The van der Waals surface area contributed by atoms with Gasteiger partial charge in [-0.1, -0.05) is 30.7 Å². The SMILES string of the molecule is C[C@@H](NC(=O)c1ccc(S(=O)(=O)N2CCc3ccccc3C2)cc1)[C@H]1C[C@@H]2CC[C@H]1C2. The number of sulfonamides is 1. The van der Waals surface area contributed by atoms with E-state index < -0.39 is 10.0 Å². The Morgan fingerprint density at radius 1 is 1.03 bits per heavy atom. The summed E-state index contributed by atoms with van der Waals surface area (Å²) >= 11 is 0. The Hall–Kier alpha value is -2.18. The van der Waals surface area contributed by atoms with Crippen LogP contribution in [0.2, 0.25) is 0 Å². The maximum Gasteiger partial charge on any atom is 0.251 e. The molecule has 0 aromatic heterocycles. The number of fused-ring (bicyclic) bond motifs is 3. The Kier molecular flexibility index (Phi) is 5.39. The molecule has 0 unspecified atom stereocenters. The molecule has 1 aliphatic heterocycles. The Bertz CT molecular complexity index is 1080. The zero-order chi connectivity index (χ0) is 21.6. The highest BCUT2D eigenvalue weighted by Gasteiger charge is 2.42. The molecule has 2 aromatic carbocycles. The first-order valence-electron chi connectivity index (χ1n) is 11.4. The van der Waals surface area contributed by atoms with Crippen molar-refractivity contribution in [1.29, 1.82) is 0 Å². The van der Waals surface area contributed by atoms with Crippen LogP contribution in [0, 0.1) is 17.8 Å². The summed E-state index contributed by atoms with van der Waals surface area (Å²) in [6.45, 7) is 2.97. The average Bonchev–Trinajstić information content (AvgIpc) is 3.43. The van der Waals surface area contributed by atoms with E-state index in [-0.39, 0.29) is 16.8 Å². The number of carbonyl (C=O) groups is 1. The summed E-state index contributed by atoms with van der Waals surface area (Å²) in [6.07, 6.45) is 5.90. The van der Waals surface area contributed by atoms with E-state index in [1.165, 1.54) is 35.6 Å². The lowest BCUT2D eigenvalue weighted by Gasteiger charge is -2.29. The van der Waals surface area contributed by atoms with E-state index in [9.17, 15) is 13.2 Å². The Labute approximate surface area is 184 Å². The van der Waals surface area contributed by atoms with Crippen LogP contribution in [0.4, 0.5) is 0 Å². The molecule has 1 heterocycles. The summed E-state index contributed by atoms with van der Waals surface area (Å²) in [6, 6.07) is 14.5. The van der Waals surface area contributed by atoms with Gasteiger partial charge in [-0.2, -0.15) is 4.31 Å². The van der Waals surface area contributed by atoms with Crippen molar-refractivity contribution in [3.05, 3.63) is 65.2 Å². The summed E-state index contributed by atoms with van der Waals surface area (Å²) in [5.41, 5.74) is 2.78. The lowest BCUT2D eigenvalue weighted by Crippen LogP contribution is -2.40. The number of nitrogens with zero attached hydrogens (tertiary/aromatic N) is 1. The molecular weight excluding hydrogens is 408 g/mol. The Morgan fingerprint density at radius 2 is 1.77 bits per heavy atom. The largest absolute Gasteiger partial charge is 0.349 e. The number of carbonyl (C=O) groups excluding carboxylic acids is 1. The standard InChI is InChI=1S/C25H30N2O3S/c1-17(24-15-18-6-7-21(24)14-18)26-25(28)20-8-10-23(11-9-20)31(29,30)27-13-12-19-4-2-3-5-22(19)16-27/h2-5,8-11,17-18,21,24H,6-7,12-16H2,1H3,(H,26,28)/t17-,18-,21+,24-/m1/s1. The van der Waals surface area contributed by atoms with Crippen LogP contribution >= 0.6 is 0 Å². The number of rotatable bonds is 5. The van der Waals surface area contributed by atoms with Crippen LogP contribution in [0.1, 0.15) is 54.1 Å². The van der Waals surface area contributed by atoms with Crippen molar-refractivity contribution in [2.75, 3.05) is 6.54 Å². The van der Waals surface area contributed by atoms with Crippen LogP contribution in [-0.2, 0) is 23.0 Å². The van der Waals surface area contributed by atoms with Crippen molar-refractivity contribution in [2.45, 2.75) is 56.5 Å². The fourth-order valence-electron chi connectivity index (χ4n) is 5.91. The zero-order valence-electron chi connectivity index (χ0n) is 18.0. The minimum atomic E-state index is -3.59. The maximum atomic E-state index is 13.1. The van der Waals surface area contributed by atoms with E-state index in [4.69, 9.17) is 0 Å². The van der Waals surface area contributed by atoms with Crippen LogP contribution in [0.5, 0.6) is 0 Å². The molecule has 0 saturated heterocycles. The van der Waals surface area contributed by atoms with E-state index in [0.717, 1.165) is 23.8 Å². The average molecular weight is 439 g/mol. The molecule has 0 spiro atoms. The number of benzene rings is 2. The number of hydrogen-bond donors (Lipinski definition) is 1. The van der Waals surface area contributed by atoms with E-state index >= 15 is 0 Å². The van der Waals surface area contributed by atoms with E-state index in [1.807, 2.05) is 18.2 Å². The lowest BCUT2D eigenvalue weighted by atomic mass is 9.84. The summed E-state index contributed by atoms with van der Waals surface area (Å²) in [5.74, 6) is 2.05. The molecule has 0 radical (unpaired) electrons. The van der Waals surface area contributed by atoms with Gasteiger partial charge < -0.3 is 5.32 Å². The Balaban J connectivity index is 1.25. The Morgan fingerprint density at radius 3 is 2.45 bits per heavy atom. The van der Waals surface area contributed by atoms with Gasteiger partial charge in [0.2, 0.25) is 10.0 Å². The first-order valence-corrected chi connectivity index (χ1v) is 12.8. The van der Waals surface area contributed by atoms with Crippen LogP contribution in [-0.4, -0.2) is 31.2 Å². The third-order valence-corrected chi connectivity index (χ3v) is 9.50. The van der Waals surface area contributed by atoms with E-state index in [0.29, 0.717) is 24.6 Å². The smallest absolute Gasteiger partial charge is 0.251 e. The molecule has 2 fully saturated rings. The van der Waals surface area contributed by atoms with Crippen molar-refractivity contribution < 1.29 is 13.2 Å². The van der Waals surface area contributed by atoms with Gasteiger partial charge in [-0.05, 0) is 85.8 Å². The predicted octanol–water partition coefficient (Wildman–Crippen LogP) is 3.99. The van der Waals surface area contributed by atoms with E-state index in [2.05, 4.69) is 18.3 Å². The molecule has 5 rings (SSSR count). The maximum absolute atomic E-state index is 13.1. The molecular formula is C25H30N2O3S. The van der Waals surface area contributed by atoms with Crippen LogP contribution < -0.4 is 5.32 Å². The number of amides is 1. The highest BCUT2D eigenvalue weighted by Crippen LogP contribution is 2.49. The van der Waals surface area contributed by atoms with Gasteiger partial charge in [0.1, 0.15) is 0 Å². The second-order valence-electron chi connectivity index (χ2n) is 9.48. The molecule has 6 heteroatoms. The second kappa shape index (κ2) is 8.06. The van der Waals surface area contributed by atoms with Gasteiger partial charge in [0.25, 0.3) is 5.91 Å². The van der Waals surface area contributed by atoms with Crippen LogP contribution in [0.3, 0.4) is 0 Å². The van der Waals surface area contributed by atoms with Gasteiger partial charge in [0, 0.05) is 24.7 Å². The van der Waals surface area contributed by atoms with Gasteiger partial charge >= 0.3 is 0 Å². The molecule has 1 amide bonds.